The Kier molecular flexibility index (Phi) is 5.92. The lowest BCUT2D eigenvalue weighted by Gasteiger charge is -2.26. The van der Waals surface area contributed by atoms with Gasteiger partial charge in [0.1, 0.15) is 6.61 Å². The third-order valence-corrected chi connectivity index (χ3v) is 4.71. The second-order valence-corrected chi connectivity index (χ2v) is 6.87. The van der Waals surface area contributed by atoms with E-state index in [1.165, 1.54) is 0 Å². The van der Waals surface area contributed by atoms with Gasteiger partial charge in [0, 0.05) is 24.5 Å². The van der Waals surface area contributed by atoms with Crippen molar-refractivity contribution in [3.63, 3.8) is 0 Å². The number of nitrogens with zero attached hydrogens (tertiary/aromatic N) is 1. The molecule has 0 radical (unpaired) electrons. The summed E-state index contributed by atoms with van der Waals surface area (Å²) >= 11 is 0. The molecule has 2 amide bonds. The highest BCUT2D eigenvalue weighted by molar-refractivity contribution is 5.95. The minimum atomic E-state index is -0.724. The molecular weight excluding hydrogens is 374 g/mol. The largest absolute Gasteiger partial charge is 0.485 e. The summed E-state index contributed by atoms with van der Waals surface area (Å²) in [7, 11) is 0. The number of anilines is 2. The van der Waals surface area contributed by atoms with Crippen LogP contribution >= 0.6 is 0 Å². The number of para-hydroxylation sites is 2. The van der Waals surface area contributed by atoms with Gasteiger partial charge < -0.3 is 24.8 Å². The van der Waals surface area contributed by atoms with Crippen molar-refractivity contribution in [3.05, 3.63) is 48.5 Å². The number of amides is 2. The third kappa shape index (κ3) is 5.04. The van der Waals surface area contributed by atoms with Gasteiger partial charge >= 0.3 is 0 Å². The number of fused-ring (bicyclic) bond motifs is 1. The summed E-state index contributed by atoms with van der Waals surface area (Å²) in [6, 6.07) is 14.2. The average molecular weight is 397 g/mol. The van der Waals surface area contributed by atoms with Crippen LogP contribution in [0.3, 0.4) is 0 Å². The van der Waals surface area contributed by atoms with E-state index in [-0.39, 0.29) is 18.4 Å². The maximum Gasteiger partial charge on any atom is 0.269 e. The molecule has 2 aromatic carbocycles. The molecule has 8 nitrogen and oxygen atoms in total. The second kappa shape index (κ2) is 8.93. The van der Waals surface area contributed by atoms with Crippen molar-refractivity contribution < 1.29 is 23.8 Å². The smallest absolute Gasteiger partial charge is 0.269 e. The standard InChI is InChI=1S/C21H23N3O5/c25-20(13-24-9-11-27-12-10-24)22-15-5-7-16(8-6-15)23-21(26)19-14-28-17-3-1-2-4-18(17)29-19/h1-8,19H,9-14H2,(H,22,25)(H,23,26). The normalized spacial score (nSPS) is 18.7. The van der Waals surface area contributed by atoms with E-state index in [1.54, 1.807) is 36.4 Å². The number of hydrogen-bond acceptors (Lipinski definition) is 6. The summed E-state index contributed by atoms with van der Waals surface area (Å²) in [5.74, 6) is 0.824. The van der Waals surface area contributed by atoms with Crippen molar-refractivity contribution >= 4 is 23.2 Å². The topological polar surface area (TPSA) is 89.1 Å². The summed E-state index contributed by atoms with van der Waals surface area (Å²) in [6.07, 6.45) is -0.724. The third-order valence-electron chi connectivity index (χ3n) is 4.71. The Balaban J connectivity index is 1.28. The number of carbonyl (C=O) groups is 2. The zero-order valence-corrected chi connectivity index (χ0v) is 15.9. The Morgan fingerprint density at radius 2 is 1.59 bits per heavy atom. The van der Waals surface area contributed by atoms with Gasteiger partial charge in [-0.05, 0) is 36.4 Å². The lowest BCUT2D eigenvalue weighted by atomic mass is 10.2. The molecule has 0 spiro atoms. The first kappa shape index (κ1) is 19.2. The van der Waals surface area contributed by atoms with Crippen LogP contribution in [0.1, 0.15) is 0 Å². The minimum absolute atomic E-state index is 0.0740. The van der Waals surface area contributed by atoms with Crippen LogP contribution in [-0.2, 0) is 14.3 Å². The number of benzene rings is 2. The molecule has 1 saturated heterocycles. The molecule has 1 fully saturated rings. The Morgan fingerprint density at radius 1 is 0.931 bits per heavy atom. The number of hydrogen-bond donors (Lipinski definition) is 2. The zero-order chi connectivity index (χ0) is 20.1. The summed E-state index contributed by atoms with van der Waals surface area (Å²) in [5, 5.41) is 5.68. The van der Waals surface area contributed by atoms with E-state index in [1.807, 2.05) is 12.1 Å². The maximum atomic E-state index is 12.5. The van der Waals surface area contributed by atoms with Crippen LogP contribution in [0, 0.1) is 0 Å². The van der Waals surface area contributed by atoms with E-state index < -0.39 is 6.10 Å². The highest BCUT2D eigenvalue weighted by atomic mass is 16.6. The fourth-order valence-corrected chi connectivity index (χ4v) is 3.17. The molecule has 0 bridgehead atoms. The van der Waals surface area contributed by atoms with Crippen LogP contribution in [0.5, 0.6) is 11.5 Å². The molecule has 2 aliphatic rings. The van der Waals surface area contributed by atoms with Crippen LogP contribution in [0.25, 0.3) is 0 Å². The lowest BCUT2D eigenvalue weighted by molar-refractivity contribution is -0.125. The fraction of sp³-hybridized carbons (Fsp3) is 0.333. The molecule has 152 valence electrons. The van der Waals surface area contributed by atoms with Crippen LogP contribution in [0.15, 0.2) is 48.5 Å². The Morgan fingerprint density at radius 3 is 2.31 bits per heavy atom. The van der Waals surface area contributed by atoms with Crippen molar-refractivity contribution in [2.45, 2.75) is 6.10 Å². The van der Waals surface area contributed by atoms with Crippen LogP contribution in [-0.4, -0.2) is 62.3 Å². The highest BCUT2D eigenvalue weighted by Crippen LogP contribution is 2.31. The van der Waals surface area contributed by atoms with Gasteiger partial charge in [-0.1, -0.05) is 12.1 Å². The molecule has 2 aliphatic heterocycles. The summed E-state index contributed by atoms with van der Waals surface area (Å²) in [5.41, 5.74) is 1.29. The lowest BCUT2D eigenvalue weighted by Crippen LogP contribution is -2.41. The molecule has 29 heavy (non-hydrogen) atoms. The maximum absolute atomic E-state index is 12.5. The van der Waals surface area contributed by atoms with Gasteiger partial charge in [-0.25, -0.2) is 0 Å². The number of carbonyl (C=O) groups excluding carboxylic acids is 2. The van der Waals surface area contributed by atoms with Gasteiger partial charge in [0.15, 0.2) is 11.5 Å². The molecule has 1 unspecified atom stereocenters. The Hall–Kier alpha value is -3.10. The van der Waals surface area contributed by atoms with Crippen molar-refractivity contribution in [3.8, 4) is 11.5 Å². The predicted molar refractivity (Wildman–Crippen MR) is 107 cm³/mol. The van der Waals surface area contributed by atoms with E-state index in [2.05, 4.69) is 15.5 Å². The molecule has 0 aliphatic carbocycles. The van der Waals surface area contributed by atoms with Crippen molar-refractivity contribution in [1.29, 1.82) is 0 Å². The van der Waals surface area contributed by atoms with Gasteiger partial charge in [0.05, 0.1) is 19.8 Å². The monoisotopic (exact) mass is 397 g/mol. The van der Waals surface area contributed by atoms with E-state index in [9.17, 15) is 9.59 Å². The molecule has 0 saturated carbocycles. The predicted octanol–water partition coefficient (Wildman–Crippen LogP) is 1.74. The molecule has 1 atom stereocenters. The van der Waals surface area contributed by atoms with Crippen molar-refractivity contribution in [2.24, 2.45) is 0 Å². The van der Waals surface area contributed by atoms with E-state index >= 15 is 0 Å². The molecule has 2 N–H and O–H groups in total. The van der Waals surface area contributed by atoms with Crippen molar-refractivity contribution in [1.82, 2.24) is 4.90 Å². The molecule has 0 aromatic heterocycles. The van der Waals surface area contributed by atoms with E-state index in [4.69, 9.17) is 14.2 Å². The van der Waals surface area contributed by atoms with Gasteiger partial charge in [-0.2, -0.15) is 0 Å². The summed E-state index contributed by atoms with van der Waals surface area (Å²) in [6.45, 7) is 3.32. The molecule has 4 rings (SSSR count). The van der Waals surface area contributed by atoms with Gasteiger partial charge in [-0.3, -0.25) is 14.5 Å². The van der Waals surface area contributed by atoms with Gasteiger partial charge in [-0.15, -0.1) is 0 Å². The van der Waals surface area contributed by atoms with E-state index in [0.717, 1.165) is 13.1 Å². The summed E-state index contributed by atoms with van der Waals surface area (Å²) < 4.78 is 16.6. The van der Waals surface area contributed by atoms with Gasteiger partial charge in [0.25, 0.3) is 5.91 Å². The molecule has 2 heterocycles. The number of morpholine rings is 1. The van der Waals surface area contributed by atoms with Crippen LogP contribution < -0.4 is 20.1 Å². The van der Waals surface area contributed by atoms with E-state index in [0.29, 0.717) is 42.6 Å². The second-order valence-electron chi connectivity index (χ2n) is 6.87. The molecule has 8 heteroatoms. The SMILES string of the molecule is O=C(CN1CCOCC1)Nc1ccc(NC(=O)C2COc3ccccc3O2)cc1. The van der Waals surface area contributed by atoms with Crippen molar-refractivity contribution in [2.75, 3.05) is 50.1 Å². The zero-order valence-electron chi connectivity index (χ0n) is 15.9. The van der Waals surface area contributed by atoms with Crippen LogP contribution in [0.2, 0.25) is 0 Å². The number of nitrogens with one attached hydrogen (secondary N) is 2. The number of rotatable bonds is 5. The fourth-order valence-electron chi connectivity index (χ4n) is 3.17. The van der Waals surface area contributed by atoms with Gasteiger partial charge in [0.2, 0.25) is 12.0 Å². The Labute approximate surface area is 168 Å². The first-order chi connectivity index (χ1) is 14.2. The molecule has 2 aromatic rings. The number of ether oxygens (including phenoxy) is 3. The minimum Gasteiger partial charge on any atom is -0.485 e. The Bertz CT molecular complexity index is 865. The first-order valence-corrected chi connectivity index (χ1v) is 9.57. The quantitative estimate of drug-likeness (QED) is 0.799. The first-order valence-electron chi connectivity index (χ1n) is 9.57. The molecular formula is C21H23N3O5. The van der Waals surface area contributed by atoms with Crippen LogP contribution in [0.4, 0.5) is 11.4 Å². The highest BCUT2D eigenvalue weighted by Gasteiger charge is 2.27. The average Bonchev–Trinajstić information content (AvgIpc) is 2.75. The summed E-state index contributed by atoms with van der Waals surface area (Å²) in [4.78, 5) is 26.7.